The lowest BCUT2D eigenvalue weighted by atomic mass is 10.2. The van der Waals surface area contributed by atoms with Gasteiger partial charge >= 0.3 is 5.97 Å². The number of methoxy groups -OCH3 is 1. The monoisotopic (exact) mass is 383 g/mol. The summed E-state index contributed by atoms with van der Waals surface area (Å²) >= 11 is 6.41. The lowest BCUT2D eigenvalue weighted by Crippen LogP contribution is -2.34. The summed E-state index contributed by atoms with van der Waals surface area (Å²) in [5, 5.41) is 4.97. The molecule has 0 saturated heterocycles. The summed E-state index contributed by atoms with van der Waals surface area (Å²) in [6, 6.07) is 0. The standard InChI is InChI=1S/C19H30ClN3O3/c1-13(2)11-22(10-9-18(25)26-6)17(24)8-7-16-15(5)21-23(19(16)20)12-14(3)4/h7-8,13-14H,9-12H2,1-6H3/b8-7+. The first-order valence-electron chi connectivity index (χ1n) is 8.92. The number of amides is 1. The van der Waals surface area contributed by atoms with Gasteiger partial charge in [0.2, 0.25) is 5.91 Å². The van der Waals surface area contributed by atoms with Crippen LogP contribution in [0.5, 0.6) is 0 Å². The second kappa shape index (κ2) is 10.4. The maximum Gasteiger partial charge on any atom is 0.307 e. The Morgan fingerprint density at radius 2 is 1.92 bits per heavy atom. The van der Waals surface area contributed by atoms with Gasteiger partial charge in [-0.15, -0.1) is 0 Å². The number of ether oxygens (including phenoxy) is 1. The normalized spacial score (nSPS) is 11.6. The molecule has 0 radical (unpaired) electrons. The molecule has 0 unspecified atom stereocenters. The number of carbonyl (C=O) groups excluding carboxylic acids is 2. The first-order valence-corrected chi connectivity index (χ1v) is 9.30. The molecule has 0 aliphatic heterocycles. The number of rotatable bonds is 9. The lowest BCUT2D eigenvalue weighted by molar-refractivity contribution is -0.141. The Hall–Kier alpha value is -1.82. The zero-order valence-electron chi connectivity index (χ0n) is 16.6. The third-order valence-electron chi connectivity index (χ3n) is 3.75. The number of aromatic nitrogens is 2. The molecule has 1 heterocycles. The van der Waals surface area contributed by atoms with Crippen molar-refractivity contribution in [2.75, 3.05) is 20.2 Å². The first-order chi connectivity index (χ1) is 12.1. The van der Waals surface area contributed by atoms with Crippen LogP contribution in [0.3, 0.4) is 0 Å². The summed E-state index contributed by atoms with van der Waals surface area (Å²) in [7, 11) is 1.34. The molecule has 0 aromatic carbocycles. The minimum atomic E-state index is -0.329. The van der Waals surface area contributed by atoms with Crippen LogP contribution in [0.4, 0.5) is 0 Å². The van der Waals surface area contributed by atoms with Gasteiger partial charge in [0.15, 0.2) is 0 Å². The fourth-order valence-electron chi connectivity index (χ4n) is 2.54. The van der Waals surface area contributed by atoms with Crippen LogP contribution in [-0.2, 0) is 20.9 Å². The average molecular weight is 384 g/mol. The summed E-state index contributed by atoms with van der Waals surface area (Å²) in [4.78, 5) is 25.6. The molecular formula is C19H30ClN3O3. The van der Waals surface area contributed by atoms with Crippen LogP contribution < -0.4 is 0 Å². The number of halogens is 1. The summed E-state index contributed by atoms with van der Waals surface area (Å²) in [6.45, 7) is 11.7. The highest BCUT2D eigenvalue weighted by Crippen LogP contribution is 2.22. The summed E-state index contributed by atoms with van der Waals surface area (Å²) in [5.41, 5.74) is 1.53. The molecule has 6 nitrogen and oxygen atoms in total. The van der Waals surface area contributed by atoms with Crippen molar-refractivity contribution in [3.63, 3.8) is 0 Å². The van der Waals surface area contributed by atoms with E-state index in [1.807, 2.05) is 20.8 Å². The zero-order chi connectivity index (χ0) is 19.9. The highest BCUT2D eigenvalue weighted by molar-refractivity contribution is 6.31. The van der Waals surface area contributed by atoms with E-state index in [1.54, 1.807) is 15.7 Å². The second-order valence-corrected chi connectivity index (χ2v) is 7.56. The van der Waals surface area contributed by atoms with E-state index < -0.39 is 0 Å². The van der Waals surface area contributed by atoms with Gasteiger partial charge in [-0.1, -0.05) is 39.3 Å². The summed E-state index contributed by atoms with van der Waals surface area (Å²) < 4.78 is 6.42. The van der Waals surface area contributed by atoms with E-state index >= 15 is 0 Å². The van der Waals surface area contributed by atoms with Crippen molar-refractivity contribution in [2.24, 2.45) is 11.8 Å². The minimum absolute atomic E-state index is 0.158. The van der Waals surface area contributed by atoms with E-state index in [0.29, 0.717) is 30.1 Å². The van der Waals surface area contributed by atoms with Gasteiger partial charge in [-0.05, 0) is 24.8 Å². The number of carbonyl (C=O) groups is 2. The molecule has 7 heteroatoms. The van der Waals surface area contributed by atoms with Crippen LogP contribution in [0.2, 0.25) is 5.15 Å². The molecule has 0 N–H and O–H groups in total. The van der Waals surface area contributed by atoms with Crippen LogP contribution in [0.1, 0.15) is 45.4 Å². The second-order valence-electron chi connectivity index (χ2n) is 7.20. The Labute approximate surface area is 161 Å². The van der Waals surface area contributed by atoms with E-state index in [-0.39, 0.29) is 18.3 Å². The smallest absolute Gasteiger partial charge is 0.307 e. The summed E-state index contributed by atoms with van der Waals surface area (Å²) in [6.07, 6.45) is 3.37. The minimum Gasteiger partial charge on any atom is -0.469 e. The molecule has 1 rings (SSSR count). The number of aryl methyl sites for hydroxylation is 1. The average Bonchev–Trinajstić information content (AvgIpc) is 2.81. The molecule has 0 atom stereocenters. The topological polar surface area (TPSA) is 64.4 Å². The quantitative estimate of drug-likeness (QED) is 0.483. The molecule has 1 amide bonds. The maximum absolute atomic E-state index is 12.6. The van der Waals surface area contributed by atoms with Gasteiger partial charge in [-0.2, -0.15) is 5.10 Å². The molecule has 0 fully saturated rings. The van der Waals surface area contributed by atoms with Gasteiger partial charge in [0.05, 0.1) is 19.2 Å². The van der Waals surface area contributed by atoms with Crippen molar-refractivity contribution in [1.82, 2.24) is 14.7 Å². The van der Waals surface area contributed by atoms with Crippen molar-refractivity contribution < 1.29 is 14.3 Å². The van der Waals surface area contributed by atoms with Crippen molar-refractivity contribution in [2.45, 2.75) is 47.6 Å². The van der Waals surface area contributed by atoms with Gasteiger partial charge in [-0.3, -0.25) is 14.3 Å². The van der Waals surface area contributed by atoms with Gasteiger partial charge in [-0.25, -0.2) is 0 Å². The van der Waals surface area contributed by atoms with Crippen molar-refractivity contribution in [1.29, 1.82) is 0 Å². The van der Waals surface area contributed by atoms with Crippen LogP contribution in [0.25, 0.3) is 6.08 Å². The van der Waals surface area contributed by atoms with Crippen molar-refractivity contribution >= 4 is 29.6 Å². The van der Waals surface area contributed by atoms with E-state index in [1.165, 1.54) is 13.2 Å². The van der Waals surface area contributed by atoms with E-state index in [4.69, 9.17) is 11.6 Å². The van der Waals surface area contributed by atoms with Gasteiger partial charge in [0, 0.05) is 31.3 Å². The van der Waals surface area contributed by atoms with Crippen LogP contribution in [-0.4, -0.2) is 46.8 Å². The largest absolute Gasteiger partial charge is 0.469 e. The Morgan fingerprint density at radius 3 is 2.46 bits per heavy atom. The number of hydrogen-bond donors (Lipinski definition) is 0. The fourth-order valence-corrected chi connectivity index (χ4v) is 2.85. The molecule has 0 aliphatic rings. The molecule has 0 saturated carbocycles. The van der Waals surface area contributed by atoms with E-state index in [0.717, 1.165) is 17.8 Å². The highest BCUT2D eigenvalue weighted by Gasteiger charge is 2.16. The van der Waals surface area contributed by atoms with Crippen LogP contribution in [0, 0.1) is 18.8 Å². The third-order valence-corrected chi connectivity index (χ3v) is 4.15. The molecule has 146 valence electrons. The Kier molecular flexibility index (Phi) is 8.85. The molecule has 0 bridgehead atoms. The Bertz CT molecular complexity index is 651. The van der Waals surface area contributed by atoms with Crippen molar-refractivity contribution in [3.05, 3.63) is 22.5 Å². The zero-order valence-corrected chi connectivity index (χ0v) is 17.3. The predicted octanol–water partition coefficient (Wildman–Crippen LogP) is 3.56. The SMILES string of the molecule is COC(=O)CCN(CC(C)C)C(=O)/C=C/c1c(C)nn(CC(C)C)c1Cl. The van der Waals surface area contributed by atoms with Crippen LogP contribution in [0.15, 0.2) is 6.08 Å². The Morgan fingerprint density at radius 1 is 1.27 bits per heavy atom. The van der Waals surface area contributed by atoms with Crippen molar-refractivity contribution in [3.8, 4) is 0 Å². The molecular weight excluding hydrogens is 354 g/mol. The molecule has 1 aromatic heterocycles. The summed E-state index contributed by atoms with van der Waals surface area (Å²) in [5.74, 6) is 0.230. The maximum atomic E-state index is 12.6. The molecule has 26 heavy (non-hydrogen) atoms. The third kappa shape index (κ3) is 6.83. The molecule has 0 spiro atoms. The van der Waals surface area contributed by atoms with Gasteiger partial charge in [0.25, 0.3) is 0 Å². The van der Waals surface area contributed by atoms with E-state index in [2.05, 4.69) is 23.7 Å². The number of esters is 1. The van der Waals surface area contributed by atoms with Gasteiger partial charge < -0.3 is 9.64 Å². The first kappa shape index (κ1) is 22.2. The van der Waals surface area contributed by atoms with E-state index in [9.17, 15) is 9.59 Å². The Balaban J connectivity index is 2.90. The fraction of sp³-hybridized carbons (Fsp3) is 0.632. The number of nitrogens with zero attached hydrogens (tertiary/aromatic N) is 3. The van der Waals surface area contributed by atoms with Crippen LogP contribution >= 0.6 is 11.6 Å². The lowest BCUT2D eigenvalue weighted by Gasteiger charge is -2.22. The highest BCUT2D eigenvalue weighted by atomic mass is 35.5. The van der Waals surface area contributed by atoms with Gasteiger partial charge in [0.1, 0.15) is 5.15 Å². The number of hydrogen-bond acceptors (Lipinski definition) is 4. The molecule has 0 aliphatic carbocycles. The molecule has 1 aromatic rings. The predicted molar refractivity (Wildman–Crippen MR) is 104 cm³/mol.